The summed E-state index contributed by atoms with van der Waals surface area (Å²) in [5, 5.41) is 0. The van der Waals surface area contributed by atoms with Gasteiger partial charge in [-0.15, -0.1) is 0 Å². The van der Waals surface area contributed by atoms with Crippen LogP contribution in [0.15, 0.2) is 146 Å². The van der Waals surface area contributed by atoms with E-state index in [-0.39, 0.29) is 10.8 Å². The van der Waals surface area contributed by atoms with Crippen molar-refractivity contribution in [3.05, 3.63) is 201 Å². The van der Waals surface area contributed by atoms with Gasteiger partial charge in [-0.05, 0) is 0 Å². The molecule has 282 valence electrons. The zero-order valence-corrected chi connectivity index (χ0v) is 38.8. The first-order chi connectivity index (χ1) is 26.5. The summed E-state index contributed by atoms with van der Waals surface area (Å²) in [5.74, 6) is 0. The molecule has 56 heavy (non-hydrogen) atoms. The molecule has 2 aliphatic rings. The monoisotopic (exact) mass is 898 g/mol. The van der Waals surface area contributed by atoms with E-state index < -0.39 is 18.0 Å². The van der Waals surface area contributed by atoms with Crippen LogP contribution < -0.4 is 0 Å². The molecule has 0 amide bonds. The Kier molecular flexibility index (Phi) is 9.52. The van der Waals surface area contributed by atoms with Gasteiger partial charge in [-0.3, -0.25) is 0 Å². The average molecular weight is 898 g/mol. The molecular formula is C55H58Hf. The number of aryl methyl sites for hydroxylation is 2. The van der Waals surface area contributed by atoms with Crippen LogP contribution in [0.2, 0.25) is 9.36 Å². The third-order valence-corrected chi connectivity index (χ3v) is 38.5. The molecule has 0 bridgehead atoms. The van der Waals surface area contributed by atoms with E-state index in [0.717, 1.165) is 0 Å². The van der Waals surface area contributed by atoms with Crippen molar-refractivity contribution in [2.45, 2.75) is 82.9 Å². The molecule has 6 aromatic carbocycles. The number of hydrogen-bond acceptors (Lipinski definition) is 0. The minimum atomic E-state index is -4.68. The van der Waals surface area contributed by atoms with Crippen LogP contribution in [0, 0.1) is 13.8 Å². The second-order valence-electron chi connectivity index (χ2n) is 19.7. The van der Waals surface area contributed by atoms with Crippen molar-refractivity contribution in [2.24, 2.45) is 0 Å². The maximum absolute atomic E-state index is 4.68. The predicted molar refractivity (Wildman–Crippen MR) is 242 cm³/mol. The molecule has 0 saturated carbocycles. The van der Waals surface area contributed by atoms with E-state index in [0.29, 0.717) is 7.35 Å². The summed E-state index contributed by atoms with van der Waals surface area (Å²) in [5.41, 5.74) is 19.3. The molecule has 0 saturated heterocycles. The topological polar surface area (TPSA) is 0 Å². The fourth-order valence-electron chi connectivity index (χ4n) is 10.0. The van der Waals surface area contributed by atoms with Crippen molar-refractivity contribution < 1.29 is 18.0 Å². The summed E-state index contributed by atoms with van der Waals surface area (Å²) in [7, 11) is 0. The molecule has 0 radical (unpaired) electrons. The molecule has 8 rings (SSSR count). The van der Waals surface area contributed by atoms with Gasteiger partial charge in [0.05, 0.1) is 0 Å². The minimum absolute atomic E-state index is 0.118. The van der Waals surface area contributed by atoms with E-state index in [1.807, 2.05) is 0 Å². The molecule has 0 fully saturated rings. The summed E-state index contributed by atoms with van der Waals surface area (Å²) in [4.78, 5) is 0. The molecule has 0 nitrogen and oxygen atoms in total. The first kappa shape index (κ1) is 38.4. The fraction of sp³-hybridized carbons (Fsp3) is 0.255. The fourth-order valence-corrected chi connectivity index (χ4v) is 35.0. The van der Waals surface area contributed by atoms with E-state index in [4.69, 9.17) is 0 Å². The molecule has 2 unspecified atom stereocenters. The number of allylic oxidation sites excluding steroid dienone is 2. The van der Waals surface area contributed by atoms with Crippen LogP contribution in [-0.4, -0.2) is 3.26 Å². The summed E-state index contributed by atoms with van der Waals surface area (Å²) in [6, 6.07) is 51.8. The van der Waals surface area contributed by atoms with Crippen molar-refractivity contribution in [2.75, 3.05) is 0 Å². The third-order valence-electron chi connectivity index (χ3n) is 13.4. The van der Waals surface area contributed by atoms with Crippen molar-refractivity contribution in [3.8, 4) is 22.3 Å². The first-order valence-corrected chi connectivity index (χ1v) is 33.7. The maximum atomic E-state index is 2.79. The van der Waals surface area contributed by atoms with Gasteiger partial charge in [-0.25, -0.2) is 0 Å². The zero-order valence-electron chi connectivity index (χ0n) is 35.2. The second-order valence-corrected chi connectivity index (χ2v) is 44.7. The van der Waals surface area contributed by atoms with Crippen LogP contribution >= 0.6 is 0 Å². The van der Waals surface area contributed by atoms with Crippen LogP contribution in [0.25, 0.3) is 34.4 Å². The van der Waals surface area contributed by atoms with Crippen molar-refractivity contribution in [1.82, 2.24) is 0 Å². The van der Waals surface area contributed by atoms with Crippen LogP contribution in [0.4, 0.5) is 0 Å². The van der Waals surface area contributed by atoms with E-state index >= 15 is 0 Å². The molecule has 1 heteroatoms. The Morgan fingerprint density at radius 2 is 0.804 bits per heavy atom. The quantitative estimate of drug-likeness (QED) is 0.146. The number of rotatable bonds is 6. The Bertz CT molecular complexity index is 2390. The summed E-state index contributed by atoms with van der Waals surface area (Å²) in [6.07, 6.45) is 10.2. The molecule has 0 spiro atoms. The van der Waals surface area contributed by atoms with Gasteiger partial charge in [0.1, 0.15) is 0 Å². The Hall–Kier alpha value is -4.46. The number of hydrogen-bond donors (Lipinski definition) is 0. The van der Waals surface area contributed by atoms with Gasteiger partial charge in [-0.1, -0.05) is 0 Å². The number of fused-ring (bicyclic) bond motifs is 2. The molecule has 0 aliphatic heterocycles. The van der Waals surface area contributed by atoms with Crippen LogP contribution in [-0.2, 0) is 28.8 Å². The summed E-state index contributed by atoms with van der Waals surface area (Å²) < 4.78 is 7.76. The Morgan fingerprint density at radius 1 is 0.446 bits per heavy atom. The SMILES string of the molecule is Cc1ccc([C](c2ccc(C)cc2)=[Hf]([CH3])([CH3])([CH]2C=Cc3c(-c4ccc(C(C)(C)C)cc4)cccc32)[CH]2C=Cc3c(-c4ccc(C(C)(C)C)cc4)cccc32)cc1. The van der Waals surface area contributed by atoms with E-state index in [1.165, 1.54) is 77.9 Å². The van der Waals surface area contributed by atoms with Gasteiger partial charge in [0.15, 0.2) is 0 Å². The molecule has 0 N–H and O–H groups in total. The van der Waals surface area contributed by atoms with E-state index in [1.54, 1.807) is 3.26 Å². The molecule has 0 heterocycles. The first-order valence-electron chi connectivity index (χ1n) is 20.6. The molecular weight excluding hydrogens is 839 g/mol. The van der Waals surface area contributed by atoms with Crippen molar-refractivity contribution in [3.63, 3.8) is 0 Å². The van der Waals surface area contributed by atoms with Gasteiger partial charge < -0.3 is 0 Å². The molecule has 2 aliphatic carbocycles. The van der Waals surface area contributed by atoms with E-state index in [2.05, 4.69) is 223 Å². The molecule has 6 aromatic rings. The van der Waals surface area contributed by atoms with Crippen LogP contribution in [0.3, 0.4) is 0 Å². The van der Waals surface area contributed by atoms with Crippen LogP contribution in [0.1, 0.15) is 105 Å². The Morgan fingerprint density at radius 3 is 1.14 bits per heavy atom. The van der Waals surface area contributed by atoms with Gasteiger partial charge in [0.25, 0.3) is 0 Å². The second kappa shape index (κ2) is 13.9. The molecule has 0 aromatic heterocycles. The summed E-state index contributed by atoms with van der Waals surface area (Å²) in [6.45, 7) is 18.2. The Balaban J connectivity index is 1.39. The predicted octanol–water partition coefficient (Wildman–Crippen LogP) is 15.1. The normalized spacial score (nSPS) is 16.6. The van der Waals surface area contributed by atoms with Gasteiger partial charge in [-0.2, -0.15) is 0 Å². The third kappa shape index (κ3) is 6.55. The van der Waals surface area contributed by atoms with Gasteiger partial charge >= 0.3 is 340 Å². The number of benzene rings is 6. The standard InChI is InChI=1S/2C19H19.C15H14.2CH3.Hf/c2*1-19(2,3)16-12-10-15(11-13-16)18-9-5-7-14-6-4-8-17(14)18;1-12-3-7-14(8-4-12)11-15-9-5-13(2)6-10-15;;;/h2*4-13H,1-3H3;3-10H,1-2H3;2*1H3;. The summed E-state index contributed by atoms with van der Waals surface area (Å²) >= 11 is -4.68. The Labute approximate surface area is 337 Å². The van der Waals surface area contributed by atoms with E-state index in [9.17, 15) is 0 Å². The molecule has 2 atom stereocenters. The van der Waals surface area contributed by atoms with Gasteiger partial charge in [0.2, 0.25) is 0 Å². The zero-order chi connectivity index (χ0) is 39.6. The van der Waals surface area contributed by atoms with Gasteiger partial charge in [0, 0.05) is 0 Å². The van der Waals surface area contributed by atoms with Crippen molar-refractivity contribution >= 4 is 15.4 Å². The average Bonchev–Trinajstić information content (AvgIpc) is 3.83. The van der Waals surface area contributed by atoms with Crippen LogP contribution in [0.5, 0.6) is 0 Å². The van der Waals surface area contributed by atoms with Crippen molar-refractivity contribution in [1.29, 1.82) is 0 Å².